The van der Waals surface area contributed by atoms with E-state index in [9.17, 15) is 0 Å². The van der Waals surface area contributed by atoms with E-state index >= 15 is 0 Å². The Kier molecular flexibility index (Phi) is 4.42. The summed E-state index contributed by atoms with van der Waals surface area (Å²) < 4.78 is 0. The fraction of sp³-hybridized carbons (Fsp3) is 0.667. The zero-order valence-electron chi connectivity index (χ0n) is 12.9. The molecule has 0 spiro atoms. The summed E-state index contributed by atoms with van der Waals surface area (Å²) in [6.07, 6.45) is 6.11. The predicted molar refractivity (Wildman–Crippen MR) is 84.4 cm³/mol. The molecule has 0 amide bonds. The molecule has 2 aliphatic rings. The summed E-state index contributed by atoms with van der Waals surface area (Å²) in [5.74, 6) is 1.66. The van der Waals surface area contributed by atoms with Crippen LogP contribution in [0.25, 0.3) is 0 Å². The minimum Gasteiger partial charge on any atom is -0.301 e. The summed E-state index contributed by atoms with van der Waals surface area (Å²) in [6.45, 7) is 7.01. The van der Waals surface area contributed by atoms with Gasteiger partial charge in [-0.05, 0) is 49.6 Å². The summed E-state index contributed by atoms with van der Waals surface area (Å²) in [4.78, 5) is 2.75. The molecule has 1 aromatic rings. The molecule has 0 aromatic heterocycles. The van der Waals surface area contributed by atoms with Crippen LogP contribution in [0.4, 0.5) is 0 Å². The molecule has 2 fully saturated rings. The first kappa shape index (κ1) is 14.1. The fourth-order valence-corrected chi connectivity index (χ4v) is 4.08. The third kappa shape index (κ3) is 3.07. The van der Waals surface area contributed by atoms with Crippen molar-refractivity contribution in [3.8, 4) is 0 Å². The number of nitrogens with zero attached hydrogens (tertiary/aromatic N) is 1. The summed E-state index contributed by atoms with van der Waals surface area (Å²) in [6, 6.07) is 11.7. The van der Waals surface area contributed by atoms with E-state index in [0.717, 1.165) is 24.4 Å². The third-order valence-electron chi connectivity index (χ3n) is 4.90. The van der Waals surface area contributed by atoms with Crippen molar-refractivity contribution >= 4 is 0 Å². The maximum Gasteiger partial charge on any atom is 0.0632 e. The maximum absolute atomic E-state index is 3.78. The molecule has 110 valence electrons. The van der Waals surface area contributed by atoms with Crippen LogP contribution in [0.15, 0.2) is 30.3 Å². The van der Waals surface area contributed by atoms with E-state index in [1.165, 1.54) is 37.8 Å². The minimum atomic E-state index is 0.618. The van der Waals surface area contributed by atoms with Crippen molar-refractivity contribution in [2.45, 2.75) is 58.3 Å². The van der Waals surface area contributed by atoms with Gasteiger partial charge in [0.2, 0.25) is 0 Å². The van der Waals surface area contributed by atoms with Gasteiger partial charge in [-0.15, -0.1) is 0 Å². The molecule has 0 radical (unpaired) electrons. The number of nitrogens with one attached hydrogen (secondary N) is 1. The van der Waals surface area contributed by atoms with Crippen LogP contribution >= 0.6 is 0 Å². The molecule has 0 aliphatic carbocycles. The Morgan fingerprint density at radius 3 is 2.80 bits per heavy atom. The molecule has 0 saturated carbocycles. The van der Waals surface area contributed by atoms with Crippen molar-refractivity contribution in [3.05, 3.63) is 35.9 Å². The highest BCUT2D eigenvalue weighted by Crippen LogP contribution is 2.37. The van der Waals surface area contributed by atoms with Crippen LogP contribution in [-0.2, 0) is 6.54 Å². The molecular formula is C18H28N2. The topological polar surface area (TPSA) is 15.3 Å². The highest BCUT2D eigenvalue weighted by Gasteiger charge is 2.41. The van der Waals surface area contributed by atoms with Crippen molar-refractivity contribution in [1.29, 1.82) is 0 Å². The van der Waals surface area contributed by atoms with E-state index in [-0.39, 0.29) is 0 Å². The summed E-state index contributed by atoms with van der Waals surface area (Å²) in [5.41, 5.74) is 1.45. The molecule has 3 unspecified atom stereocenters. The van der Waals surface area contributed by atoms with Crippen molar-refractivity contribution in [2.75, 3.05) is 6.54 Å². The Hall–Kier alpha value is -0.860. The van der Waals surface area contributed by atoms with Gasteiger partial charge in [-0.25, -0.2) is 0 Å². The lowest BCUT2D eigenvalue weighted by Crippen LogP contribution is -2.49. The van der Waals surface area contributed by atoms with E-state index in [0.29, 0.717) is 6.17 Å². The summed E-state index contributed by atoms with van der Waals surface area (Å²) >= 11 is 0. The Balaban J connectivity index is 1.75. The molecule has 1 N–H and O–H groups in total. The first-order valence-electron chi connectivity index (χ1n) is 8.27. The minimum absolute atomic E-state index is 0.618. The van der Waals surface area contributed by atoms with Crippen LogP contribution in [-0.4, -0.2) is 23.7 Å². The molecule has 2 nitrogen and oxygen atoms in total. The number of piperidine rings is 1. The van der Waals surface area contributed by atoms with Crippen LogP contribution in [0.3, 0.4) is 0 Å². The first-order valence-corrected chi connectivity index (χ1v) is 8.27. The van der Waals surface area contributed by atoms with Gasteiger partial charge < -0.3 is 5.32 Å². The normalized spacial score (nSPS) is 30.6. The summed E-state index contributed by atoms with van der Waals surface area (Å²) in [5, 5.41) is 3.78. The summed E-state index contributed by atoms with van der Waals surface area (Å²) in [7, 11) is 0. The highest BCUT2D eigenvalue weighted by molar-refractivity contribution is 5.15. The smallest absolute Gasteiger partial charge is 0.0632 e. The van der Waals surface area contributed by atoms with E-state index < -0.39 is 0 Å². The average molecular weight is 272 g/mol. The quantitative estimate of drug-likeness (QED) is 0.900. The van der Waals surface area contributed by atoms with Gasteiger partial charge in [0.05, 0.1) is 6.17 Å². The average Bonchev–Trinajstić information content (AvgIpc) is 2.77. The van der Waals surface area contributed by atoms with Crippen LogP contribution in [0.1, 0.15) is 45.1 Å². The fourth-order valence-electron chi connectivity index (χ4n) is 4.08. The molecule has 20 heavy (non-hydrogen) atoms. The van der Waals surface area contributed by atoms with Crippen molar-refractivity contribution in [3.63, 3.8) is 0 Å². The molecule has 2 saturated heterocycles. The standard InChI is InChI=1S/C18H28N2/c1-14(2)11-17-12-16-9-6-10-19-18(16)20(17)13-15-7-4-3-5-8-15/h3-5,7-8,14,16-19H,6,9-13H2,1-2H3. The van der Waals surface area contributed by atoms with Crippen molar-refractivity contribution in [2.24, 2.45) is 11.8 Å². The molecule has 3 atom stereocenters. The lowest BCUT2D eigenvalue weighted by molar-refractivity contribution is 0.116. The molecule has 2 aliphatic heterocycles. The second kappa shape index (κ2) is 6.28. The van der Waals surface area contributed by atoms with Crippen molar-refractivity contribution in [1.82, 2.24) is 10.2 Å². The monoisotopic (exact) mass is 272 g/mol. The van der Waals surface area contributed by atoms with E-state index in [2.05, 4.69) is 54.4 Å². The van der Waals surface area contributed by atoms with Crippen LogP contribution in [0.5, 0.6) is 0 Å². The van der Waals surface area contributed by atoms with Gasteiger partial charge in [-0.3, -0.25) is 4.90 Å². The SMILES string of the molecule is CC(C)CC1CC2CCCNC2N1Cc1ccccc1. The number of hydrogen-bond acceptors (Lipinski definition) is 2. The van der Waals surface area contributed by atoms with Gasteiger partial charge in [0.25, 0.3) is 0 Å². The number of hydrogen-bond donors (Lipinski definition) is 1. The molecular weight excluding hydrogens is 244 g/mol. The number of likely N-dealkylation sites (tertiary alicyclic amines) is 1. The van der Waals surface area contributed by atoms with Gasteiger partial charge in [0, 0.05) is 12.6 Å². The second-order valence-electron chi connectivity index (χ2n) is 6.98. The molecule has 2 heteroatoms. The van der Waals surface area contributed by atoms with Gasteiger partial charge in [0.15, 0.2) is 0 Å². The third-order valence-corrected chi connectivity index (χ3v) is 4.90. The highest BCUT2D eigenvalue weighted by atomic mass is 15.3. The molecule has 3 rings (SSSR count). The lowest BCUT2D eigenvalue weighted by atomic mass is 9.92. The Bertz CT molecular complexity index is 415. The second-order valence-corrected chi connectivity index (χ2v) is 6.98. The molecule has 0 bridgehead atoms. The number of benzene rings is 1. The molecule has 2 heterocycles. The Labute approximate surface area is 123 Å². The van der Waals surface area contributed by atoms with E-state index in [1.807, 2.05) is 0 Å². The maximum atomic E-state index is 3.78. The van der Waals surface area contributed by atoms with Gasteiger partial charge in [-0.2, -0.15) is 0 Å². The Morgan fingerprint density at radius 2 is 2.05 bits per heavy atom. The zero-order chi connectivity index (χ0) is 13.9. The van der Waals surface area contributed by atoms with Crippen LogP contribution in [0.2, 0.25) is 0 Å². The van der Waals surface area contributed by atoms with Gasteiger partial charge in [-0.1, -0.05) is 44.2 Å². The zero-order valence-corrected chi connectivity index (χ0v) is 12.9. The van der Waals surface area contributed by atoms with E-state index in [4.69, 9.17) is 0 Å². The molecule has 1 aromatic carbocycles. The van der Waals surface area contributed by atoms with Crippen LogP contribution < -0.4 is 5.32 Å². The number of fused-ring (bicyclic) bond motifs is 1. The van der Waals surface area contributed by atoms with Crippen LogP contribution in [0, 0.1) is 11.8 Å². The van der Waals surface area contributed by atoms with E-state index in [1.54, 1.807) is 0 Å². The number of rotatable bonds is 4. The lowest BCUT2D eigenvalue weighted by Gasteiger charge is -2.35. The largest absolute Gasteiger partial charge is 0.301 e. The predicted octanol–water partition coefficient (Wildman–Crippen LogP) is 3.63. The van der Waals surface area contributed by atoms with Crippen molar-refractivity contribution < 1.29 is 0 Å². The van der Waals surface area contributed by atoms with Gasteiger partial charge >= 0.3 is 0 Å². The van der Waals surface area contributed by atoms with Gasteiger partial charge in [0.1, 0.15) is 0 Å². The first-order chi connectivity index (χ1) is 9.74. The Morgan fingerprint density at radius 1 is 1.25 bits per heavy atom.